The highest BCUT2D eigenvalue weighted by Gasteiger charge is 2.30. The zero-order valence-corrected chi connectivity index (χ0v) is 13.0. The highest BCUT2D eigenvalue weighted by atomic mass is 19.4. The highest BCUT2D eigenvalue weighted by molar-refractivity contribution is 5.94. The van der Waals surface area contributed by atoms with Crippen LogP contribution in [0.1, 0.15) is 11.1 Å². The second-order valence-electron chi connectivity index (χ2n) is 5.06. The lowest BCUT2D eigenvalue weighted by molar-refractivity contribution is -0.384. The van der Waals surface area contributed by atoms with E-state index in [0.717, 1.165) is 18.2 Å². The molecule has 0 unspecified atom stereocenters. The van der Waals surface area contributed by atoms with Gasteiger partial charge in [-0.15, -0.1) is 0 Å². The van der Waals surface area contributed by atoms with Gasteiger partial charge in [0.1, 0.15) is 5.75 Å². The van der Waals surface area contributed by atoms with Gasteiger partial charge in [0.25, 0.3) is 5.69 Å². The second kappa shape index (κ2) is 7.20. The summed E-state index contributed by atoms with van der Waals surface area (Å²) in [5.74, 6) is -0.430. The summed E-state index contributed by atoms with van der Waals surface area (Å²) in [7, 11) is 1.32. The largest absolute Gasteiger partial charge is 0.495 e. The van der Waals surface area contributed by atoms with Gasteiger partial charge in [-0.05, 0) is 17.7 Å². The second-order valence-corrected chi connectivity index (χ2v) is 5.06. The van der Waals surface area contributed by atoms with Crippen LogP contribution in [0.2, 0.25) is 0 Å². The molecule has 0 aliphatic rings. The molecule has 0 spiro atoms. The zero-order chi connectivity index (χ0) is 18.6. The van der Waals surface area contributed by atoms with Crippen molar-refractivity contribution < 1.29 is 27.6 Å². The minimum atomic E-state index is -4.50. The third kappa shape index (κ3) is 4.69. The molecule has 0 bridgehead atoms. The predicted octanol–water partition coefficient (Wildman–Crippen LogP) is 3.80. The summed E-state index contributed by atoms with van der Waals surface area (Å²) in [6, 6.07) is 8.02. The summed E-state index contributed by atoms with van der Waals surface area (Å²) in [5, 5.41) is 13.2. The summed E-state index contributed by atoms with van der Waals surface area (Å²) in [5.41, 5.74) is -0.883. The van der Waals surface area contributed by atoms with E-state index >= 15 is 0 Å². The summed E-state index contributed by atoms with van der Waals surface area (Å²) in [6.45, 7) is 0. The van der Waals surface area contributed by atoms with Gasteiger partial charge in [0.05, 0.1) is 29.7 Å². The number of hydrogen-bond acceptors (Lipinski definition) is 4. The van der Waals surface area contributed by atoms with Gasteiger partial charge in [-0.2, -0.15) is 13.2 Å². The molecule has 1 amide bonds. The maximum atomic E-state index is 12.7. The first-order valence-corrected chi connectivity index (χ1v) is 6.99. The van der Waals surface area contributed by atoms with Crippen molar-refractivity contribution in [3.63, 3.8) is 0 Å². The lowest BCUT2D eigenvalue weighted by Gasteiger charge is -2.11. The van der Waals surface area contributed by atoms with Crippen molar-refractivity contribution in [3.05, 3.63) is 63.7 Å². The minimum absolute atomic E-state index is 0.0636. The lowest BCUT2D eigenvalue weighted by atomic mass is 10.1. The van der Waals surface area contributed by atoms with Crippen LogP contribution in [-0.4, -0.2) is 17.9 Å². The number of methoxy groups -OCH3 is 1. The van der Waals surface area contributed by atoms with E-state index in [9.17, 15) is 28.1 Å². The fraction of sp³-hybridized carbons (Fsp3) is 0.188. The Kier molecular flexibility index (Phi) is 5.26. The molecule has 0 aliphatic carbocycles. The predicted molar refractivity (Wildman–Crippen MR) is 83.4 cm³/mol. The van der Waals surface area contributed by atoms with Crippen LogP contribution in [0, 0.1) is 10.1 Å². The Hall–Kier alpha value is -3.10. The third-order valence-corrected chi connectivity index (χ3v) is 3.29. The van der Waals surface area contributed by atoms with Crippen LogP contribution in [0.4, 0.5) is 24.5 Å². The standard InChI is InChI=1S/C16H13F3N2O4/c1-25-14-6-5-12(21(23)24)9-13(14)20-15(22)8-10-3-2-4-11(7-10)16(17,18)19/h2-7,9H,8H2,1H3,(H,20,22). The number of carbonyl (C=O) groups excluding carboxylic acids is 1. The zero-order valence-electron chi connectivity index (χ0n) is 13.0. The Morgan fingerprint density at radius 2 is 1.96 bits per heavy atom. The van der Waals surface area contributed by atoms with Gasteiger partial charge < -0.3 is 10.1 Å². The molecule has 0 radical (unpaired) electrons. The average Bonchev–Trinajstić information content (AvgIpc) is 2.54. The lowest BCUT2D eigenvalue weighted by Crippen LogP contribution is -2.16. The van der Waals surface area contributed by atoms with E-state index in [1.165, 1.54) is 31.4 Å². The van der Waals surface area contributed by atoms with Crippen LogP contribution in [0.3, 0.4) is 0 Å². The Labute approximate surface area is 140 Å². The first-order chi connectivity index (χ1) is 11.7. The van der Waals surface area contributed by atoms with Crippen LogP contribution >= 0.6 is 0 Å². The Bertz CT molecular complexity index is 806. The van der Waals surface area contributed by atoms with E-state index in [1.807, 2.05) is 0 Å². The molecule has 2 aromatic rings. The van der Waals surface area contributed by atoms with Crippen LogP contribution in [-0.2, 0) is 17.4 Å². The number of nitro benzene ring substituents is 1. The maximum absolute atomic E-state index is 12.7. The fourth-order valence-electron chi connectivity index (χ4n) is 2.14. The summed E-state index contributed by atoms with van der Waals surface area (Å²) < 4.78 is 43.1. The number of nitro groups is 1. The molecule has 0 atom stereocenters. The Balaban J connectivity index is 2.18. The Morgan fingerprint density at radius 3 is 2.56 bits per heavy atom. The number of non-ortho nitro benzene ring substituents is 1. The van der Waals surface area contributed by atoms with E-state index in [1.54, 1.807) is 0 Å². The van der Waals surface area contributed by atoms with Crippen LogP contribution in [0.5, 0.6) is 5.75 Å². The molecule has 0 saturated heterocycles. The molecule has 25 heavy (non-hydrogen) atoms. The average molecular weight is 354 g/mol. The van der Waals surface area contributed by atoms with E-state index < -0.39 is 22.6 Å². The van der Waals surface area contributed by atoms with E-state index in [4.69, 9.17) is 4.74 Å². The molecule has 2 rings (SSSR count). The van der Waals surface area contributed by atoms with Gasteiger partial charge in [-0.3, -0.25) is 14.9 Å². The summed E-state index contributed by atoms with van der Waals surface area (Å²) in [6.07, 6.45) is -4.83. The summed E-state index contributed by atoms with van der Waals surface area (Å²) in [4.78, 5) is 22.2. The number of rotatable bonds is 5. The number of anilines is 1. The van der Waals surface area contributed by atoms with Crippen molar-refractivity contribution in [1.29, 1.82) is 0 Å². The van der Waals surface area contributed by atoms with Crippen molar-refractivity contribution >= 4 is 17.3 Å². The molecule has 0 heterocycles. The molecular weight excluding hydrogens is 341 g/mol. The van der Waals surface area contributed by atoms with Crippen molar-refractivity contribution in [2.45, 2.75) is 12.6 Å². The molecule has 0 saturated carbocycles. The third-order valence-electron chi connectivity index (χ3n) is 3.29. The normalized spacial score (nSPS) is 11.0. The SMILES string of the molecule is COc1ccc([N+](=O)[O-])cc1NC(=O)Cc1cccc(C(F)(F)F)c1. The molecule has 0 aromatic heterocycles. The van der Waals surface area contributed by atoms with Gasteiger partial charge in [-0.25, -0.2) is 0 Å². The molecule has 2 aromatic carbocycles. The van der Waals surface area contributed by atoms with Crippen LogP contribution in [0.15, 0.2) is 42.5 Å². The number of halogens is 3. The van der Waals surface area contributed by atoms with Crippen LogP contribution < -0.4 is 10.1 Å². The smallest absolute Gasteiger partial charge is 0.416 e. The minimum Gasteiger partial charge on any atom is -0.495 e. The van der Waals surface area contributed by atoms with Crippen molar-refractivity contribution in [1.82, 2.24) is 0 Å². The number of nitrogens with zero attached hydrogens (tertiary/aromatic N) is 1. The monoisotopic (exact) mass is 354 g/mol. The van der Waals surface area contributed by atoms with Crippen LogP contribution in [0.25, 0.3) is 0 Å². The number of carbonyl (C=O) groups is 1. The van der Waals surface area contributed by atoms with Gasteiger partial charge in [-0.1, -0.05) is 18.2 Å². The topological polar surface area (TPSA) is 81.5 Å². The number of benzene rings is 2. The molecule has 132 valence electrons. The van der Waals surface area contributed by atoms with Crippen molar-refractivity contribution in [3.8, 4) is 5.75 Å². The number of alkyl halides is 3. The van der Waals surface area contributed by atoms with Gasteiger partial charge >= 0.3 is 6.18 Å². The molecule has 1 N–H and O–H groups in total. The first kappa shape index (κ1) is 18.2. The number of hydrogen-bond donors (Lipinski definition) is 1. The number of amides is 1. The van der Waals surface area contributed by atoms with Gasteiger partial charge in [0, 0.05) is 12.1 Å². The van der Waals surface area contributed by atoms with Crippen molar-refractivity contribution in [2.75, 3.05) is 12.4 Å². The van der Waals surface area contributed by atoms with E-state index in [2.05, 4.69) is 5.32 Å². The quantitative estimate of drug-likeness (QED) is 0.654. The first-order valence-electron chi connectivity index (χ1n) is 6.99. The summed E-state index contributed by atoms with van der Waals surface area (Å²) >= 11 is 0. The molecule has 0 aliphatic heterocycles. The van der Waals surface area contributed by atoms with Gasteiger partial charge in [0.15, 0.2) is 0 Å². The molecule has 6 nitrogen and oxygen atoms in total. The maximum Gasteiger partial charge on any atom is 0.416 e. The number of ether oxygens (including phenoxy) is 1. The van der Waals surface area contributed by atoms with E-state index in [0.29, 0.717) is 0 Å². The molecule has 0 fully saturated rings. The van der Waals surface area contributed by atoms with E-state index in [-0.39, 0.29) is 29.1 Å². The number of nitrogens with one attached hydrogen (secondary N) is 1. The molecule has 9 heteroatoms. The Morgan fingerprint density at radius 1 is 1.24 bits per heavy atom. The molecular formula is C16H13F3N2O4. The fourth-order valence-corrected chi connectivity index (χ4v) is 2.14. The highest BCUT2D eigenvalue weighted by Crippen LogP contribution is 2.30. The van der Waals surface area contributed by atoms with Crippen molar-refractivity contribution in [2.24, 2.45) is 0 Å². The van der Waals surface area contributed by atoms with Gasteiger partial charge in [0.2, 0.25) is 5.91 Å².